The zero-order chi connectivity index (χ0) is 22.9. The van der Waals surface area contributed by atoms with Crippen molar-refractivity contribution in [3.8, 4) is 28.3 Å². The number of para-hydroxylation sites is 3. The van der Waals surface area contributed by atoms with Gasteiger partial charge in [-0.3, -0.25) is 0 Å². The van der Waals surface area contributed by atoms with Crippen molar-refractivity contribution < 1.29 is 0 Å². The van der Waals surface area contributed by atoms with Crippen molar-refractivity contribution in [2.24, 2.45) is 0 Å². The van der Waals surface area contributed by atoms with Gasteiger partial charge >= 0.3 is 0 Å². The first-order valence-electron chi connectivity index (χ1n) is 11.0. The Morgan fingerprint density at radius 1 is 0.618 bits per heavy atom. The molecule has 0 bridgehead atoms. The molecular weight excluding hydrogens is 434 g/mol. The minimum absolute atomic E-state index is 0.423. The highest BCUT2D eigenvalue weighted by molar-refractivity contribution is 7.99. The fraction of sp³-hybridized carbons (Fsp3) is 0. The van der Waals surface area contributed by atoms with E-state index in [1.54, 1.807) is 6.20 Å². The second-order valence-corrected chi connectivity index (χ2v) is 9.09. The lowest BCUT2D eigenvalue weighted by molar-refractivity contribution is 1.17. The molecule has 1 aliphatic rings. The number of benzene rings is 4. The summed E-state index contributed by atoms with van der Waals surface area (Å²) >= 11 is 1.82. The molecule has 0 saturated heterocycles. The van der Waals surface area contributed by atoms with E-state index in [1.165, 1.54) is 21.2 Å². The SMILES string of the molecule is N#Cc1cc(-c2ccc(-c3ccccc3N3c4ccccc4Sc4ccccc43)cc2)ccn1. The molecule has 5 aromatic rings. The van der Waals surface area contributed by atoms with Gasteiger partial charge in [-0.05, 0) is 59.2 Å². The smallest absolute Gasteiger partial charge is 0.141 e. The van der Waals surface area contributed by atoms with Crippen LogP contribution >= 0.6 is 11.8 Å². The van der Waals surface area contributed by atoms with Crippen LogP contribution in [0.3, 0.4) is 0 Å². The maximum absolute atomic E-state index is 9.18. The zero-order valence-electron chi connectivity index (χ0n) is 18.2. The Hall–Kier alpha value is -4.33. The summed E-state index contributed by atoms with van der Waals surface area (Å²) in [5.41, 5.74) is 8.30. The summed E-state index contributed by atoms with van der Waals surface area (Å²) in [4.78, 5) is 8.94. The molecule has 0 N–H and O–H groups in total. The van der Waals surface area contributed by atoms with E-state index in [9.17, 15) is 5.26 Å². The first-order valence-corrected chi connectivity index (χ1v) is 11.9. The number of hydrogen-bond donors (Lipinski definition) is 0. The quantitative estimate of drug-likeness (QED) is 0.271. The number of nitrogens with zero attached hydrogens (tertiary/aromatic N) is 3. The van der Waals surface area contributed by atoms with Gasteiger partial charge in [-0.15, -0.1) is 0 Å². The van der Waals surface area contributed by atoms with Gasteiger partial charge in [-0.1, -0.05) is 78.5 Å². The van der Waals surface area contributed by atoms with Gasteiger partial charge < -0.3 is 4.90 Å². The van der Waals surface area contributed by atoms with Crippen molar-refractivity contribution in [3.05, 3.63) is 121 Å². The molecule has 0 amide bonds. The summed E-state index contributed by atoms with van der Waals surface area (Å²) in [6.07, 6.45) is 1.68. The van der Waals surface area contributed by atoms with E-state index in [-0.39, 0.29) is 0 Å². The minimum Gasteiger partial charge on any atom is -0.308 e. The van der Waals surface area contributed by atoms with Crippen LogP contribution in [0.25, 0.3) is 22.3 Å². The molecule has 4 heteroatoms. The highest BCUT2D eigenvalue weighted by atomic mass is 32.2. The number of pyridine rings is 1. The van der Waals surface area contributed by atoms with Gasteiger partial charge in [0.05, 0.1) is 17.1 Å². The molecule has 0 saturated carbocycles. The average Bonchev–Trinajstić information content (AvgIpc) is 2.92. The Morgan fingerprint density at radius 3 is 1.88 bits per heavy atom. The molecule has 0 aliphatic carbocycles. The fourth-order valence-corrected chi connectivity index (χ4v) is 5.45. The van der Waals surface area contributed by atoms with Crippen LogP contribution in [0.1, 0.15) is 5.69 Å². The Kier molecular flexibility index (Phi) is 5.10. The largest absolute Gasteiger partial charge is 0.308 e. The van der Waals surface area contributed by atoms with Gasteiger partial charge in [0, 0.05) is 21.6 Å². The second kappa shape index (κ2) is 8.55. The molecule has 34 heavy (non-hydrogen) atoms. The molecule has 1 aromatic heterocycles. The van der Waals surface area contributed by atoms with Crippen LogP contribution in [-0.2, 0) is 0 Å². The van der Waals surface area contributed by atoms with Crippen molar-refractivity contribution in [1.29, 1.82) is 5.26 Å². The number of hydrogen-bond acceptors (Lipinski definition) is 4. The summed E-state index contributed by atoms with van der Waals surface area (Å²) in [6, 6.07) is 40.1. The van der Waals surface area contributed by atoms with Crippen molar-refractivity contribution in [1.82, 2.24) is 4.98 Å². The van der Waals surface area contributed by atoms with E-state index >= 15 is 0 Å². The van der Waals surface area contributed by atoms with Gasteiger partial charge in [-0.2, -0.15) is 5.26 Å². The predicted octanol–water partition coefficient (Wildman–Crippen LogP) is 8.22. The zero-order valence-corrected chi connectivity index (χ0v) is 19.0. The lowest BCUT2D eigenvalue weighted by Gasteiger charge is -2.34. The number of fused-ring (bicyclic) bond motifs is 2. The van der Waals surface area contributed by atoms with Crippen LogP contribution in [0.4, 0.5) is 17.1 Å². The third-order valence-electron chi connectivity index (χ3n) is 5.98. The lowest BCUT2D eigenvalue weighted by atomic mass is 9.98. The van der Waals surface area contributed by atoms with Gasteiger partial charge in [0.1, 0.15) is 11.8 Å². The molecular formula is C30H19N3S. The van der Waals surface area contributed by atoms with Crippen LogP contribution in [0.5, 0.6) is 0 Å². The highest BCUT2D eigenvalue weighted by Crippen LogP contribution is 2.52. The predicted molar refractivity (Wildman–Crippen MR) is 139 cm³/mol. The third-order valence-corrected chi connectivity index (χ3v) is 7.11. The number of rotatable bonds is 3. The second-order valence-electron chi connectivity index (χ2n) is 8.01. The lowest BCUT2D eigenvalue weighted by Crippen LogP contribution is -2.15. The maximum atomic E-state index is 9.18. The first kappa shape index (κ1) is 20.3. The van der Waals surface area contributed by atoms with Crippen molar-refractivity contribution in [2.45, 2.75) is 9.79 Å². The summed E-state index contributed by atoms with van der Waals surface area (Å²) in [7, 11) is 0. The molecule has 6 rings (SSSR count). The van der Waals surface area contributed by atoms with Gasteiger partial charge in [0.2, 0.25) is 0 Å². The molecule has 0 atom stereocenters. The molecule has 2 heterocycles. The van der Waals surface area contributed by atoms with Gasteiger partial charge in [0.25, 0.3) is 0 Å². The van der Waals surface area contributed by atoms with Crippen LogP contribution in [0, 0.1) is 11.3 Å². The Labute approximate surface area is 203 Å². The summed E-state index contributed by atoms with van der Waals surface area (Å²) in [5.74, 6) is 0. The molecule has 0 fully saturated rings. The molecule has 3 nitrogen and oxygen atoms in total. The Balaban J connectivity index is 1.46. The number of nitriles is 1. The summed E-state index contributed by atoms with van der Waals surface area (Å²) in [6.45, 7) is 0. The first-order chi connectivity index (χ1) is 16.8. The van der Waals surface area contributed by atoms with E-state index in [1.807, 2.05) is 23.9 Å². The Morgan fingerprint density at radius 2 is 1.21 bits per heavy atom. The van der Waals surface area contributed by atoms with Crippen molar-refractivity contribution >= 4 is 28.8 Å². The standard InChI is InChI=1S/C30H19N3S/c31-20-24-19-23(17-18-32-24)21-13-15-22(16-14-21)25-7-1-2-8-26(25)33-27-9-3-5-11-29(27)34-30-12-6-4-10-28(30)33/h1-19H. The van der Waals surface area contributed by atoms with Crippen LogP contribution in [0.15, 0.2) is 125 Å². The topological polar surface area (TPSA) is 39.9 Å². The molecule has 0 radical (unpaired) electrons. The normalized spacial score (nSPS) is 11.9. The molecule has 1 aliphatic heterocycles. The number of aromatic nitrogens is 1. The van der Waals surface area contributed by atoms with E-state index in [2.05, 4.69) is 113 Å². The average molecular weight is 454 g/mol. The van der Waals surface area contributed by atoms with Gasteiger partial charge in [-0.25, -0.2) is 4.98 Å². The molecule has 0 spiro atoms. The minimum atomic E-state index is 0.423. The van der Waals surface area contributed by atoms with E-state index in [4.69, 9.17) is 0 Å². The molecule has 160 valence electrons. The molecule has 4 aromatic carbocycles. The fourth-order valence-electron chi connectivity index (χ4n) is 4.39. The number of anilines is 3. The maximum Gasteiger partial charge on any atom is 0.141 e. The van der Waals surface area contributed by atoms with E-state index in [0.29, 0.717) is 5.69 Å². The molecule has 0 unspecified atom stereocenters. The Bertz CT molecular complexity index is 1500. The van der Waals surface area contributed by atoms with Crippen molar-refractivity contribution in [2.75, 3.05) is 4.90 Å². The summed E-state index contributed by atoms with van der Waals surface area (Å²) in [5, 5.41) is 9.18. The highest BCUT2D eigenvalue weighted by Gasteiger charge is 2.25. The van der Waals surface area contributed by atoms with Gasteiger partial charge in [0.15, 0.2) is 0 Å². The van der Waals surface area contributed by atoms with E-state index < -0.39 is 0 Å². The van der Waals surface area contributed by atoms with Crippen LogP contribution in [0.2, 0.25) is 0 Å². The van der Waals surface area contributed by atoms with Crippen LogP contribution < -0.4 is 4.90 Å². The monoisotopic (exact) mass is 453 g/mol. The van der Waals surface area contributed by atoms with Crippen molar-refractivity contribution in [3.63, 3.8) is 0 Å². The van der Waals surface area contributed by atoms with Crippen LogP contribution in [-0.4, -0.2) is 4.98 Å². The van der Waals surface area contributed by atoms with E-state index in [0.717, 1.165) is 27.9 Å². The third kappa shape index (κ3) is 3.53. The summed E-state index contributed by atoms with van der Waals surface area (Å²) < 4.78 is 0.